The highest BCUT2D eigenvalue weighted by Crippen LogP contribution is 2.24. The number of H-pyrrole nitrogens is 1. The molecule has 1 heterocycles. The van der Waals surface area contributed by atoms with E-state index in [0.717, 1.165) is 28.6 Å². The zero-order valence-corrected chi connectivity index (χ0v) is 14.7. The van der Waals surface area contributed by atoms with Gasteiger partial charge in [0.2, 0.25) is 10.0 Å². The number of nitrogens with one attached hydrogen (secondary N) is 2. The fourth-order valence-corrected chi connectivity index (χ4v) is 2.62. The second-order valence-corrected chi connectivity index (χ2v) is 7.08. The minimum atomic E-state index is -3.27. The summed E-state index contributed by atoms with van der Waals surface area (Å²) in [7, 11) is -3.27. The number of aromatic nitrogens is 2. The van der Waals surface area contributed by atoms with Crippen LogP contribution < -0.4 is 4.72 Å². The van der Waals surface area contributed by atoms with Gasteiger partial charge in [0.1, 0.15) is 0 Å². The molecule has 0 atom stereocenters. The molecule has 0 aliphatic heterocycles. The quantitative estimate of drug-likeness (QED) is 0.590. The summed E-state index contributed by atoms with van der Waals surface area (Å²) >= 11 is 0. The Morgan fingerprint density at radius 2 is 1.80 bits per heavy atom. The number of sulfonamides is 1. The first kappa shape index (κ1) is 20.2. The van der Waals surface area contributed by atoms with Crippen LogP contribution in [-0.4, -0.2) is 46.8 Å². The number of aryl methyl sites for hydroxylation is 1. The molecule has 0 aliphatic rings. The largest absolute Gasteiger partial charge is 0.473 e. The maximum absolute atomic E-state index is 11.4. The van der Waals surface area contributed by atoms with Crippen molar-refractivity contribution in [1.82, 2.24) is 9.97 Å². The summed E-state index contributed by atoms with van der Waals surface area (Å²) in [6.07, 6.45) is 5.26. The summed E-state index contributed by atoms with van der Waals surface area (Å²) in [5.41, 5.74) is 4.67. The van der Waals surface area contributed by atoms with Crippen molar-refractivity contribution in [3.63, 3.8) is 0 Å². The Morgan fingerprint density at radius 1 is 1.20 bits per heavy atom. The normalized spacial score (nSPS) is 10.5. The maximum Gasteiger partial charge on any atom is 0.414 e. The number of hydrogen-bond acceptors (Lipinski definition) is 5. The van der Waals surface area contributed by atoms with Crippen LogP contribution in [0.2, 0.25) is 0 Å². The Balaban J connectivity index is 0.000000450. The molecule has 0 fully saturated rings. The molecule has 0 amide bonds. The van der Waals surface area contributed by atoms with E-state index in [4.69, 9.17) is 19.8 Å². The van der Waals surface area contributed by atoms with Crippen LogP contribution in [0.15, 0.2) is 24.7 Å². The molecule has 136 valence electrons. The van der Waals surface area contributed by atoms with Crippen LogP contribution in [0.3, 0.4) is 0 Å². The van der Waals surface area contributed by atoms with Gasteiger partial charge in [-0.3, -0.25) is 4.72 Å². The number of anilines is 1. The second-order valence-electron chi connectivity index (χ2n) is 5.33. The van der Waals surface area contributed by atoms with E-state index in [1.165, 1.54) is 0 Å². The molecule has 25 heavy (non-hydrogen) atoms. The van der Waals surface area contributed by atoms with Crippen LogP contribution in [0.4, 0.5) is 5.69 Å². The molecule has 0 spiro atoms. The summed E-state index contributed by atoms with van der Waals surface area (Å²) in [6, 6.07) is 3.90. The third kappa shape index (κ3) is 7.04. The highest BCUT2D eigenvalue weighted by molar-refractivity contribution is 7.92. The summed E-state index contributed by atoms with van der Waals surface area (Å²) < 4.78 is 25.3. The lowest BCUT2D eigenvalue weighted by Crippen LogP contribution is -2.11. The Hall–Kier alpha value is -2.88. The van der Waals surface area contributed by atoms with E-state index in [2.05, 4.69) is 20.8 Å². The third-order valence-corrected chi connectivity index (χ3v) is 3.66. The molecule has 9 nitrogen and oxygen atoms in total. The van der Waals surface area contributed by atoms with Gasteiger partial charge in [-0.15, -0.1) is 0 Å². The average molecular weight is 369 g/mol. The van der Waals surface area contributed by atoms with E-state index in [1.807, 2.05) is 19.9 Å². The topological polar surface area (TPSA) is 149 Å². The lowest BCUT2D eigenvalue weighted by atomic mass is 10.00. The zero-order valence-electron chi connectivity index (χ0n) is 13.9. The van der Waals surface area contributed by atoms with Crippen molar-refractivity contribution in [2.24, 2.45) is 0 Å². The predicted molar refractivity (Wildman–Crippen MR) is 91.0 cm³/mol. The fraction of sp³-hybridized carbons (Fsp3) is 0.267. The summed E-state index contributed by atoms with van der Waals surface area (Å²) in [5.74, 6) is -3.65. The van der Waals surface area contributed by atoms with Gasteiger partial charge in [0, 0.05) is 18.3 Å². The molecule has 2 aromatic rings. The van der Waals surface area contributed by atoms with Gasteiger partial charge >= 0.3 is 11.9 Å². The van der Waals surface area contributed by atoms with E-state index in [1.54, 1.807) is 12.5 Å². The lowest BCUT2D eigenvalue weighted by molar-refractivity contribution is -0.159. The molecule has 10 heteroatoms. The van der Waals surface area contributed by atoms with Crippen molar-refractivity contribution in [3.8, 4) is 0 Å². The fourth-order valence-electron chi connectivity index (χ4n) is 2.01. The summed E-state index contributed by atoms with van der Waals surface area (Å²) in [5, 5.41) is 14.8. The highest BCUT2D eigenvalue weighted by Gasteiger charge is 2.10. The van der Waals surface area contributed by atoms with Crippen LogP contribution in [0.1, 0.15) is 22.4 Å². The Bertz CT molecular complexity index is 848. The SMILES string of the molecule is Cc1cc(Cc2cnc[nH]2)c(C)c(NS(C)(=O)=O)c1.O=C(O)C(=O)O. The van der Waals surface area contributed by atoms with E-state index in [-0.39, 0.29) is 0 Å². The second kappa shape index (κ2) is 8.29. The summed E-state index contributed by atoms with van der Waals surface area (Å²) in [6.45, 7) is 3.86. The number of carboxylic acids is 2. The minimum Gasteiger partial charge on any atom is -0.473 e. The van der Waals surface area contributed by atoms with E-state index in [9.17, 15) is 8.42 Å². The lowest BCUT2D eigenvalue weighted by Gasteiger charge is -2.13. The Kier molecular flexibility index (Phi) is 6.68. The maximum atomic E-state index is 11.4. The number of carbonyl (C=O) groups is 2. The van der Waals surface area contributed by atoms with E-state index in [0.29, 0.717) is 12.1 Å². The van der Waals surface area contributed by atoms with Gasteiger partial charge in [-0.2, -0.15) is 0 Å². The molecule has 1 aromatic heterocycles. The van der Waals surface area contributed by atoms with Gasteiger partial charge in [0.15, 0.2) is 0 Å². The van der Waals surface area contributed by atoms with Crippen molar-refractivity contribution in [3.05, 3.63) is 47.0 Å². The average Bonchev–Trinajstić information content (AvgIpc) is 2.96. The molecule has 0 bridgehead atoms. The zero-order chi connectivity index (χ0) is 19.2. The van der Waals surface area contributed by atoms with Crippen LogP contribution in [0.5, 0.6) is 0 Å². The van der Waals surface area contributed by atoms with Gasteiger partial charge < -0.3 is 15.2 Å². The Labute approximate surface area is 144 Å². The van der Waals surface area contributed by atoms with E-state index < -0.39 is 22.0 Å². The van der Waals surface area contributed by atoms with Crippen molar-refractivity contribution in [2.75, 3.05) is 11.0 Å². The number of aliphatic carboxylic acids is 2. The molecule has 0 unspecified atom stereocenters. The first-order chi connectivity index (χ1) is 11.5. The number of aromatic amines is 1. The van der Waals surface area contributed by atoms with Gasteiger partial charge in [0.05, 0.1) is 18.3 Å². The van der Waals surface area contributed by atoms with Crippen molar-refractivity contribution >= 4 is 27.6 Å². The van der Waals surface area contributed by atoms with Crippen LogP contribution in [0.25, 0.3) is 0 Å². The molecule has 0 radical (unpaired) electrons. The molecule has 0 saturated heterocycles. The smallest absolute Gasteiger partial charge is 0.414 e. The monoisotopic (exact) mass is 369 g/mol. The molecule has 4 N–H and O–H groups in total. The van der Waals surface area contributed by atoms with Crippen LogP contribution in [0, 0.1) is 13.8 Å². The number of nitrogens with zero attached hydrogens (tertiary/aromatic N) is 1. The molecule has 2 rings (SSSR count). The number of rotatable bonds is 4. The van der Waals surface area contributed by atoms with Crippen molar-refractivity contribution < 1.29 is 28.2 Å². The van der Waals surface area contributed by atoms with Gasteiger partial charge in [-0.25, -0.2) is 23.0 Å². The molecular weight excluding hydrogens is 350 g/mol. The number of carboxylic acid groups (broad SMARTS) is 2. The van der Waals surface area contributed by atoms with Crippen LogP contribution in [-0.2, 0) is 26.0 Å². The third-order valence-electron chi connectivity index (χ3n) is 3.07. The first-order valence-corrected chi connectivity index (χ1v) is 8.90. The number of benzene rings is 1. The standard InChI is InChI=1S/C13H17N3O2S.C2H2O4/c1-9-4-11(6-12-7-14-8-15-12)10(2)13(5-9)16-19(3,17)18;3-1(4)2(5)6/h4-5,7-8,16H,6H2,1-3H3,(H,14,15);(H,3,4)(H,5,6). The molecule has 0 aliphatic carbocycles. The molecule has 0 saturated carbocycles. The van der Waals surface area contributed by atoms with Crippen LogP contribution >= 0.6 is 0 Å². The Morgan fingerprint density at radius 3 is 2.24 bits per heavy atom. The van der Waals surface area contributed by atoms with Crippen molar-refractivity contribution in [2.45, 2.75) is 20.3 Å². The van der Waals surface area contributed by atoms with Gasteiger partial charge in [-0.1, -0.05) is 6.07 Å². The number of imidazole rings is 1. The van der Waals surface area contributed by atoms with Crippen molar-refractivity contribution in [1.29, 1.82) is 0 Å². The molecule has 1 aromatic carbocycles. The van der Waals surface area contributed by atoms with Gasteiger partial charge in [0.25, 0.3) is 0 Å². The number of hydrogen-bond donors (Lipinski definition) is 4. The minimum absolute atomic E-state index is 0.636. The van der Waals surface area contributed by atoms with E-state index >= 15 is 0 Å². The molecular formula is C15H19N3O6S. The van der Waals surface area contributed by atoms with Gasteiger partial charge in [-0.05, 0) is 36.6 Å². The highest BCUT2D eigenvalue weighted by atomic mass is 32.2. The predicted octanol–water partition coefficient (Wildman–Crippen LogP) is 1.14. The first-order valence-electron chi connectivity index (χ1n) is 7.01. The summed E-state index contributed by atoms with van der Waals surface area (Å²) in [4.78, 5) is 25.2.